The van der Waals surface area contributed by atoms with Crippen LogP contribution in [0.25, 0.3) is 72.0 Å². The van der Waals surface area contributed by atoms with Gasteiger partial charge in [-0.1, -0.05) is 170 Å². The van der Waals surface area contributed by atoms with Crippen molar-refractivity contribution in [3.8, 4) is 50.2 Å². The summed E-state index contributed by atoms with van der Waals surface area (Å²) in [6.45, 7) is 2.18. The molecule has 0 aliphatic rings. The van der Waals surface area contributed by atoms with Gasteiger partial charge in [-0.3, -0.25) is 0 Å². The van der Waals surface area contributed by atoms with Crippen molar-refractivity contribution in [3.63, 3.8) is 0 Å². The Hall–Kier alpha value is -7.42. The van der Waals surface area contributed by atoms with Gasteiger partial charge in [0.15, 0.2) is 0 Å². The zero-order chi connectivity index (χ0) is 38.1. The van der Waals surface area contributed by atoms with E-state index < -0.39 is 0 Å². The Labute approximate surface area is 334 Å². The van der Waals surface area contributed by atoms with Crippen molar-refractivity contribution < 1.29 is 0 Å². The maximum absolute atomic E-state index is 2.43. The fourth-order valence-corrected chi connectivity index (χ4v) is 8.21. The number of rotatable bonds is 8. The van der Waals surface area contributed by atoms with Crippen LogP contribution >= 0.6 is 0 Å². The van der Waals surface area contributed by atoms with Crippen molar-refractivity contribution in [2.75, 3.05) is 4.90 Å². The number of hydrogen-bond acceptors (Lipinski definition) is 1. The molecule has 0 atom stereocenters. The van der Waals surface area contributed by atoms with Crippen molar-refractivity contribution in [3.05, 3.63) is 230 Å². The molecule has 0 N–H and O–H groups in total. The summed E-state index contributed by atoms with van der Waals surface area (Å²) in [6, 6.07) is 81.2. The Balaban J connectivity index is 1.11. The van der Waals surface area contributed by atoms with Gasteiger partial charge in [-0.2, -0.15) is 0 Å². The zero-order valence-electron chi connectivity index (χ0n) is 31.8. The maximum Gasteiger partial charge on any atom is 0.0562 e. The van der Waals surface area contributed by atoms with E-state index in [0.717, 1.165) is 22.7 Å². The Morgan fingerprint density at radius 2 is 0.737 bits per heavy atom. The van der Waals surface area contributed by atoms with E-state index in [2.05, 4.69) is 241 Å². The quantitative estimate of drug-likeness (QED) is 0.151. The van der Waals surface area contributed by atoms with Crippen molar-refractivity contribution in [2.24, 2.45) is 0 Å². The highest BCUT2D eigenvalue weighted by Gasteiger charge is 2.21. The molecule has 1 aromatic heterocycles. The van der Waals surface area contributed by atoms with Crippen molar-refractivity contribution >= 4 is 38.9 Å². The third-order valence-corrected chi connectivity index (χ3v) is 11.1. The highest BCUT2D eigenvalue weighted by molar-refractivity contribution is 6.16. The first kappa shape index (κ1) is 34.1. The lowest BCUT2D eigenvalue weighted by atomic mass is 10.00. The van der Waals surface area contributed by atoms with E-state index in [0.29, 0.717) is 0 Å². The van der Waals surface area contributed by atoms with Crippen LogP contribution in [0, 0.1) is 6.92 Å². The molecule has 9 aromatic carbocycles. The van der Waals surface area contributed by atoms with Gasteiger partial charge in [-0.25, -0.2) is 0 Å². The molecule has 57 heavy (non-hydrogen) atoms. The number of hydrogen-bond donors (Lipinski definition) is 0. The molecule has 0 saturated carbocycles. The molecule has 0 bridgehead atoms. The highest BCUT2D eigenvalue weighted by Crippen LogP contribution is 2.45. The first-order chi connectivity index (χ1) is 28.2. The molecule has 0 unspecified atom stereocenters. The second-order valence-electron chi connectivity index (χ2n) is 14.7. The number of nitrogens with zero attached hydrogens (tertiary/aromatic N) is 2. The average molecular weight is 729 g/mol. The summed E-state index contributed by atoms with van der Waals surface area (Å²) in [5, 5.41) is 2.44. The summed E-state index contributed by atoms with van der Waals surface area (Å²) >= 11 is 0. The van der Waals surface area contributed by atoms with Crippen LogP contribution in [0.3, 0.4) is 0 Å². The fourth-order valence-electron chi connectivity index (χ4n) is 8.21. The van der Waals surface area contributed by atoms with Gasteiger partial charge in [0, 0.05) is 27.8 Å². The van der Waals surface area contributed by atoms with E-state index in [1.54, 1.807) is 0 Å². The topological polar surface area (TPSA) is 8.17 Å². The summed E-state index contributed by atoms with van der Waals surface area (Å²) in [5.74, 6) is 0. The van der Waals surface area contributed by atoms with Crippen LogP contribution in [-0.2, 0) is 0 Å². The molecule has 0 fully saturated rings. The van der Waals surface area contributed by atoms with Crippen molar-refractivity contribution in [2.45, 2.75) is 6.92 Å². The van der Waals surface area contributed by atoms with E-state index in [1.807, 2.05) is 0 Å². The van der Waals surface area contributed by atoms with Gasteiger partial charge in [-0.15, -0.1) is 0 Å². The van der Waals surface area contributed by atoms with E-state index in [9.17, 15) is 0 Å². The van der Waals surface area contributed by atoms with E-state index in [-0.39, 0.29) is 0 Å². The number of benzene rings is 9. The monoisotopic (exact) mass is 728 g/mol. The lowest BCUT2D eigenvalue weighted by Crippen LogP contribution is -2.10. The molecule has 0 saturated heterocycles. The molecule has 0 radical (unpaired) electrons. The van der Waals surface area contributed by atoms with E-state index >= 15 is 0 Å². The Morgan fingerprint density at radius 3 is 1.19 bits per heavy atom. The molecule has 2 heteroatoms. The lowest BCUT2D eigenvalue weighted by molar-refractivity contribution is 1.18. The van der Waals surface area contributed by atoms with E-state index in [4.69, 9.17) is 0 Å². The van der Waals surface area contributed by atoms with Gasteiger partial charge in [0.1, 0.15) is 0 Å². The van der Waals surface area contributed by atoms with Gasteiger partial charge in [0.25, 0.3) is 0 Å². The number of aromatic nitrogens is 1. The smallest absolute Gasteiger partial charge is 0.0562 e. The molecule has 0 amide bonds. The molecule has 2 nitrogen and oxygen atoms in total. The largest absolute Gasteiger partial charge is 0.310 e. The molecule has 1 heterocycles. The molecule has 0 aliphatic carbocycles. The molecule has 0 aliphatic heterocycles. The predicted octanol–water partition coefficient (Wildman–Crippen LogP) is 15.2. The third-order valence-electron chi connectivity index (χ3n) is 11.1. The minimum absolute atomic E-state index is 1.10. The average Bonchev–Trinajstić information content (AvgIpc) is 3.62. The van der Waals surface area contributed by atoms with Crippen LogP contribution in [-0.4, -0.2) is 4.57 Å². The Bertz CT molecular complexity index is 2950. The molecule has 10 rings (SSSR count). The van der Waals surface area contributed by atoms with Gasteiger partial charge in [0.05, 0.1) is 16.7 Å². The van der Waals surface area contributed by atoms with Crippen molar-refractivity contribution in [1.82, 2.24) is 4.57 Å². The zero-order valence-corrected chi connectivity index (χ0v) is 31.8. The Morgan fingerprint density at radius 1 is 0.333 bits per heavy atom. The predicted molar refractivity (Wildman–Crippen MR) is 242 cm³/mol. The van der Waals surface area contributed by atoms with Crippen LogP contribution in [0.15, 0.2) is 224 Å². The second kappa shape index (κ2) is 14.7. The maximum atomic E-state index is 2.43. The molecule has 270 valence electrons. The molecular formula is C55H40N2. The van der Waals surface area contributed by atoms with Gasteiger partial charge in [-0.05, 0) is 112 Å². The first-order valence-electron chi connectivity index (χ1n) is 19.6. The molecular weight excluding hydrogens is 689 g/mol. The summed E-state index contributed by atoms with van der Waals surface area (Å²) in [6.07, 6.45) is 0. The minimum Gasteiger partial charge on any atom is -0.310 e. The summed E-state index contributed by atoms with van der Waals surface area (Å²) in [5.41, 5.74) is 17.7. The normalized spacial score (nSPS) is 11.2. The second-order valence-corrected chi connectivity index (χ2v) is 14.7. The number of anilines is 3. The third kappa shape index (κ3) is 6.48. The summed E-state index contributed by atoms with van der Waals surface area (Å²) < 4.78 is 2.43. The van der Waals surface area contributed by atoms with Gasteiger partial charge in [0.2, 0.25) is 0 Å². The minimum atomic E-state index is 1.10. The highest BCUT2D eigenvalue weighted by atomic mass is 15.1. The summed E-state index contributed by atoms with van der Waals surface area (Å²) in [7, 11) is 0. The molecule has 10 aromatic rings. The summed E-state index contributed by atoms with van der Waals surface area (Å²) in [4.78, 5) is 2.42. The molecule has 0 spiro atoms. The SMILES string of the molecule is Cc1ccc2c3c(N(c4ccc(-c5ccccc5)cc4)c4ccc(-c5ccc(-c6ccccc6)cc5)cc4)cccc3n(-c3ccc(-c4ccccc4)cc3)c2c1. The van der Waals surface area contributed by atoms with Crippen molar-refractivity contribution in [1.29, 1.82) is 0 Å². The lowest BCUT2D eigenvalue weighted by Gasteiger charge is -2.27. The number of fused-ring (bicyclic) bond motifs is 3. The van der Waals surface area contributed by atoms with E-state index in [1.165, 1.54) is 71.9 Å². The van der Waals surface area contributed by atoms with Crippen LogP contribution < -0.4 is 4.90 Å². The number of aryl methyl sites for hydroxylation is 1. The fraction of sp³-hybridized carbons (Fsp3) is 0.0182. The van der Waals surface area contributed by atoms with Gasteiger partial charge >= 0.3 is 0 Å². The van der Waals surface area contributed by atoms with Crippen LogP contribution in [0.5, 0.6) is 0 Å². The first-order valence-corrected chi connectivity index (χ1v) is 19.6. The van der Waals surface area contributed by atoms with Gasteiger partial charge < -0.3 is 9.47 Å². The van der Waals surface area contributed by atoms with Crippen LogP contribution in [0.4, 0.5) is 17.1 Å². The standard InChI is InChI=1S/C55H40N2/c1-39-20-37-51-54(38-39)57(50-35-29-46(30-36-50)42-16-9-4-10-17-42)53-19-11-18-52(55(51)53)56(48-31-25-45(26-32-48)41-14-7-3-8-15-41)49-33-27-47(28-34-49)44-23-21-43(22-24-44)40-12-5-2-6-13-40/h2-38H,1H3. The Kier molecular flexibility index (Phi) is 8.78. The van der Waals surface area contributed by atoms with Crippen LogP contribution in [0.1, 0.15) is 5.56 Å². The van der Waals surface area contributed by atoms with Crippen LogP contribution in [0.2, 0.25) is 0 Å².